The van der Waals surface area contributed by atoms with Crippen molar-refractivity contribution in [3.05, 3.63) is 45.5 Å². The van der Waals surface area contributed by atoms with Crippen LogP contribution in [0.4, 0.5) is 0 Å². The second kappa shape index (κ2) is 5.29. The molecule has 0 fully saturated rings. The van der Waals surface area contributed by atoms with Gasteiger partial charge in [0.25, 0.3) is 0 Å². The SMILES string of the molecule is [N-]=[N+]=NCCn1c(-c2ccccc2)n[nH]c1=S. The molecule has 0 radical (unpaired) electrons. The fourth-order valence-corrected chi connectivity index (χ4v) is 1.75. The standard InChI is InChI=1S/C10H10N6S/c11-15-12-6-7-16-9(13-14-10(16)17)8-4-2-1-3-5-8/h1-5H,6-7H2,(H,14,17). The van der Waals surface area contributed by atoms with Gasteiger partial charge in [-0.3, -0.25) is 5.10 Å². The summed E-state index contributed by atoms with van der Waals surface area (Å²) in [5.74, 6) is 0.753. The minimum Gasteiger partial charge on any atom is -0.300 e. The van der Waals surface area contributed by atoms with E-state index in [4.69, 9.17) is 17.7 Å². The molecule has 1 N–H and O–H groups in total. The van der Waals surface area contributed by atoms with Crippen LogP contribution in [0.5, 0.6) is 0 Å². The van der Waals surface area contributed by atoms with Crippen LogP contribution in [0.15, 0.2) is 35.4 Å². The van der Waals surface area contributed by atoms with Gasteiger partial charge in [-0.1, -0.05) is 35.4 Å². The Kier molecular flexibility index (Phi) is 3.54. The van der Waals surface area contributed by atoms with E-state index in [9.17, 15) is 0 Å². The first-order valence-electron chi connectivity index (χ1n) is 5.04. The summed E-state index contributed by atoms with van der Waals surface area (Å²) in [6.45, 7) is 0.869. The number of azide groups is 1. The van der Waals surface area contributed by atoms with Gasteiger partial charge in [0, 0.05) is 23.6 Å². The Bertz CT molecular complexity index is 593. The molecule has 0 aliphatic heterocycles. The number of nitrogens with one attached hydrogen (secondary N) is 1. The zero-order valence-corrected chi connectivity index (χ0v) is 9.76. The van der Waals surface area contributed by atoms with Crippen LogP contribution in [0.1, 0.15) is 0 Å². The number of hydrogen-bond donors (Lipinski definition) is 1. The van der Waals surface area contributed by atoms with Crippen molar-refractivity contribution in [2.75, 3.05) is 6.54 Å². The van der Waals surface area contributed by atoms with Crippen molar-refractivity contribution >= 4 is 12.2 Å². The van der Waals surface area contributed by atoms with Crippen LogP contribution >= 0.6 is 12.2 Å². The third kappa shape index (κ3) is 2.52. The Balaban J connectivity index is 2.35. The quantitative estimate of drug-likeness (QED) is 0.389. The normalized spacial score (nSPS) is 9.88. The minimum atomic E-state index is 0.351. The Morgan fingerprint density at radius 3 is 2.88 bits per heavy atom. The lowest BCUT2D eigenvalue weighted by Gasteiger charge is -2.04. The van der Waals surface area contributed by atoms with Gasteiger partial charge in [0.1, 0.15) is 0 Å². The average Bonchev–Trinajstić information content (AvgIpc) is 2.73. The highest BCUT2D eigenvalue weighted by Gasteiger charge is 2.07. The Hall–Kier alpha value is -2.11. The minimum absolute atomic E-state index is 0.351. The molecule has 0 aliphatic rings. The lowest BCUT2D eigenvalue weighted by Crippen LogP contribution is -2.03. The third-order valence-corrected chi connectivity index (χ3v) is 2.59. The summed E-state index contributed by atoms with van der Waals surface area (Å²) in [6.07, 6.45) is 0. The van der Waals surface area contributed by atoms with Gasteiger partial charge in [-0.25, -0.2) is 0 Å². The van der Waals surface area contributed by atoms with Crippen molar-refractivity contribution in [2.45, 2.75) is 6.54 Å². The van der Waals surface area contributed by atoms with Gasteiger partial charge in [0.05, 0.1) is 0 Å². The lowest BCUT2D eigenvalue weighted by molar-refractivity contribution is 0.701. The van der Waals surface area contributed by atoms with E-state index in [0.717, 1.165) is 11.4 Å². The van der Waals surface area contributed by atoms with Crippen molar-refractivity contribution in [1.82, 2.24) is 14.8 Å². The summed E-state index contributed by atoms with van der Waals surface area (Å²) < 4.78 is 2.34. The first-order chi connectivity index (χ1) is 8.33. The van der Waals surface area contributed by atoms with E-state index in [0.29, 0.717) is 17.9 Å². The molecule has 0 atom stereocenters. The van der Waals surface area contributed by atoms with Gasteiger partial charge in [-0.05, 0) is 17.7 Å². The number of hydrogen-bond acceptors (Lipinski definition) is 3. The van der Waals surface area contributed by atoms with Crippen molar-refractivity contribution in [3.8, 4) is 11.4 Å². The fourth-order valence-electron chi connectivity index (χ4n) is 1.52. The summed E-state index contributed by atoms with van der Waals surface area (Å²) in [4.78, 5) is 2.71. The molecule has 0 unspecified atom stereocenters. The topological polar surface area (TPSA) is 82.4 Å². The van der Waals surface area contributed by atoms with E-state index in [-0.39, 0.29) is 0 Å². The highest BCUT2D eigenvalue weighted by atomic mass is 32.1. The van der Waals surface area contributed by atoms with Crippen LogP contribution in [-0.4, -0.2) is 21.3 Å². The van der Waals surface area contributed by atoms with Gasteiger partial charge in [0.15, 0.2) is 10.6 Å². The number of aromatic amines is 1. The van der Waals surface area contributed by atoms with E-state index in [2.05, 4.69) is 20.2 Å². The second-order valence-electron chi connectivity index (χ2n) is 3.32. The van der Waals surface area contributed by atoms with Gasteiger partial charge in [-0.2, -0.15) is 5.10 Å². The van der Waals surface area contributed by atoms with Crippen LogP contribution in [0.3, 0.4) is 0 Å². The van der Waals surface area contributed by atoms with E-state index >= 15 is 0 Å². The van der Waals surface area contributed by atoms with E-state index < -0.39 is 0 Å². The Morgan fingerprint density at radius 2 is 2.18 bits per heavy atom. The predicted molar refractivity (Wildman–Crippen MR) is 66.9 cm³/mol. The monoisotopic (exact) mass is 246 g/mol. The van der Waals surface area contributed by atoms with Gasteiger partial charge < -0.3 is 4.57 Å². The molecular formula is C10H10N6S. The molecule has 0 aliphatic carbocycles. The highest BCUT2D eigenvalue weighted by molar-refractivity contribution is 7.71. The largest absolute Gasteiger partial charge is 0.300 e. The molecule has 0 saturated carbocycles. The molecule has 0 bridgehead atoms. The van der Waals surface area contributed by atoms with Gasteiger partial charge in [0.2, 0.25) is 0 Å². The zero-order chi connectivity index (χ0) is 12.1. The average molecular weight is 246 g/mol. The maximum absolute atomic E-state index is 8.25. The van der Waals surface area contributed by atoms with Crippen LogP contribution in [0.2, 0.25) is 0 Å². The van der Waals surface area contributed by atoms with E-state index in [1.54, 1.807) is 0 Å². The fraction of sp³-hybridized carbons (Fsp3) is 0.200. The number of aromatic nitrogens is 3. The molecule has 6 nitrogen and oxygen atoms in total. The Labute approximate surface area is 103 Å². The van der Waals surface area contributed by atoms with Gasteiger partial charge >= 0.3 is 0 Å². The van der Waals surface area contributed by atoms with E-state index in [1.807, 2.05) is 34.9 Å². The van der Waals surface area contributed by atoms with Crippen LogP contribution < -0.4 is 0 Å². The number of benzene rings is 1. The maximum atomic E-state index is 8.25. The molecule has 86 valence electrons. The lowest BCUT2D eigenvalue weighted by atomic mass is 10.2. The maximum Gasteiger partial charge on any atom is 0.195 e. The third-order valence-electron chi connectivity index (χ3n) is 2.28. The molecule has 1 heterocycles. The van der Waals surface area contributed by atoms with Crippen molar-refractivity contribution in [2.24, 2.45) is 5.11 Å². The molecule has 1 aromatic carbocycles. The highest BCUT2D eigenvalue weighted by Crippen LogP contribution is 2.16. The van der Waals surface area contributed by atoms with Crippen molar-refractivity contribution < 1.29 is 0 Å². The molecule has 2 aromatic rings. The number of nitrogens with zero attached hydrogens (tertiary/aromatic N) is 5. The first kappa shape index (κ1) is 11.4. The second-order valence-corrected chi connectivity index (χ2v) is 3.71. The van der Waals surface area contributed by atoms with Gasteiger partial charge in [-0.15, -0.1) is 0 Å². The summed E-state index contributed by atoms with van der Waals surface area (Å²) in [6, 6.07) is 9.72. The first-order valence-corrected chi connectivity index (χ1v) is 5.45. The zero-order valence-electron chi connectivity index (χ0n) is 8.95. The predicted octanol–water partition coefficient (Wildman–Crippen LogP) is 2.92. The van der Waals surface area contributed by atoms with Crippen molar-refractivity contribution in [3.63, 3.8) is 0 Å². The molecule has 2 rings (SSSR count). The molecular weight excluding hydrogens is 236 g/mol. The summed E-state index contributed by atoms with van der Waals surface area (Å²) in [5.41, 5.74) is 9.22. The summed E-state index contributed by atoms with van der Waals surface area (Å²) >= 11 is 5.13. The molecule has 0 saturated heterocycles. The van der Waals surface area contributed by atoms with E-state index in [1.165, 1.54) is 0 Å². The molecule has 7 heteroatoms. The molecule has 0 amide bonds. The van der Waals surface area contributed by atoms with Crippen LogP contribution in [0, 0.1) is 4.77 Å². The van der Waals surface area contributed by atoms with Crippen LogP contribution in [0.25, 0.3) is 21.8 Å². The summed E-state index contributed by atoms with van der Waals surface area (Å²) in [7, 11) is 0. The molecule has 17 heavy (non-hydrogen) atoms. The smallest absolute Gasteiger partial charge is 0.195 e. The number of rotatable bonds is 4. The Morgan fingerprint density at radius 1 is 1.41 bits per heavy atom. The summed E-state index contributed by atoms with van der Waals surface area (Å²) in [5, 5.41) is 10.4. The molecule has 1 aromatic heterocycles. The van der Waals surface area contributed by atoms with Crippen molar-refractivity contribution in [1.29, 1.82) is 0 Å². The number of H-pyrrole nitrogens is 1. The molecule has 0 spiro atoms. The van der Waals surface area contributed by atoms with Crippen LogP contribution in [-0.2, 0) is 6.54 Å².